The zero-order chi connectivity index (χ0) is 15.8. The molecule has 2 rings (SSSR count). The summed E-state index contributed by atoms with van der Waals surface area (Å²) >= 11 is 17.7. The third kappa shape index (κ3) is 3.75. The molecular weight excluding hydrogens is 384 g/mol. The van der Waals surface area contributed by atoms with Crippen LogP contribution in [0, 0.1) is 0 Å². The van der Waals surface area contributed by atoms with Gasteiger partial charge in [-0.25, -0.2) is 8.42 Å². The van der Waals surface area contributed by atoms with E-state index in [1.165, 1.54) is 0 Å². The smallest absolute Gasteiger partial charge is 0.262 e. The summed E-state index contributed by atoms with van der Waals surface area (Å²) in [5.74, 6) is -0.635. The summed E-state index contributed by atoms with van der Waals surface area (Å²) < 4.78 is 28.1. The van der Waals surface area contributed by atoms with Gasteiger partial charge in [0.05, 0.1) is 33.3 Å². The Balaban J connectivity index is 2.46. The number of carbonyl (C=O) groups excluding carboxylic acids is 1. The molecule has 1 aliphatic heterocycles. The monoisotopic (exact) mass is 391 g/mol. The molecule has 1 N–H and O–H groups in total. The van der Waals surface area contributed by atoms with E-state index in [1.807, 2.05) is 0 Å². The number of hydrogen-bond donors (Lipinski definition) is 1. The van der Waals surface area contributed by atoms with Crippen molar-refractivity contribution in [1.82, 2.24) is 5.32 Å². The van der Waals surface area contributed by atoms with Gasteiger partial charge in [-0.15, -0.1) is 0 Å². The van der Waals surface area contributed by atoms with E-state index < -0.39 is 19.9 Å². The van der Waals surface area contributed by atoms with Crippen molar-refractivity contribution in [1.29, 1.82) is 0 Å². The third-order valence-corrected chi connectivity index (χ3v) is 5.52. The van der Waals surface area contributed by atoms with E-state index in [2.05, 4.69) is 5.32 Å². The van der Waals surface area contributed by atoms with Gasteiger partial charge < -0.3 is 10.1 Å². The highest BCUT2D eigenvalue weighted by atomic mass is 35.7. The minimum atomic E-state index is -4.16. The summed E-state index contributed by atoms with van der Waals surface area (Å²) in [6, 6.07) is 0.809. The Morgan fingerprint density at radius 3 is 2.48 bits per heavy atom. The number of rotatable bonds is 3. The molecule has 1 heterocycles. The van der Waals surface area contributed by atoms with E-state index in [4.69, 9.17) is 50.2 Å². The first-order valence-electron chi connectivity index (χ1n) is 5.72. The summed E-state index contributed by atoms with van der Waals surface area (Å²) in [4.78, 5) is 11.8. The number of ether oxygens (including phenoxy) is 1. The summed E-state index contributed by atoms with van der Waals surface area (Å²) in [5, 5.41) is 2.02. The molecule has 0 aliphatic carbocycles. The molecule has 1 aromatic rings. The maximum absolute atomic E-state index is 12.2. The van der Waals surface area contributed by atoms with Crippen LogP contribution in [0.1, 0.15) is 16.8 Å². The fourth-order valence-corrected chi connectivity index (χ4v) is 4.01. The van der Waals surface area contributed by atoms with Crippen molar-refractivity contribution in [2.24, 2.45) is 0 Å². The zero-order valence-corrected chi connectivity index (χ0v) is 14.2. The summed E-state index contributed by atoms with van der Waals surface area (Å²) in [6.07, 6.45) is 0.641. The number of benzene rings is 1. The first-order chi connectivity index (χ1) is 9.71. The highest BCUT2D eigenvalue weighted by molar-refractivity contribution is 8.13. The lowest BCUT2D eigenvalue weighted by Gasteiger charge is -2.14. The van der Waals surface area contributed by atoms with Crippen LogP contribution in [-0.4, -0.2) is 33.6 Å². The molecular formula is C11H9Cl4NO4S. The maximum Gasteiger partial charge on any atom is 0.262 e. The van der Waals surface area contributed by atoms with Crippen molar-refractivity contribution < 1.29 is 17.9 Å². The molecule has 0 bridgehead atoms. The topological polar surface area (TPSA) is 72.5 Å². The molecule has 0 aromatic heterocycles. The molecule has 5 nitrogen and oxygen atoms in total. The second kappa shape index (κ2) is 6.48. The Labute approximate surface area is 140 Å². The van der Waals surface area contributed by atoms with Crippen LogP contribution >= 0.6 is 45.5 Å². The fraction of sp³-hybridized carbons (Fsp3) is 0.364. The molecule has 1 aromatic carbocycles. The van der Waals surface area contributed by atoms with E-state index in [0.717, 1.165) is 6.07 Å². The predicted molar refractivity (Wildman–Crippen MR) is 81.2 cm³/mol. The van der Waals surface area contributed by atoms with Gasteiger partial charge in [-0.1, -0.05) is 34.8 Å². The van der Waals surface area contributed by atoms with Crippen molar-refractivity contribution in [3.05, 3.63) is 26.7 Å². The molecule has 0 radical (unpaired) electrons. The highest BCUT2D eigenvalue weighted by Gasteiger charge is 2.28. The lowest BCUT2D eigenvalue weighted by Crippen LogP contribution is -2.35. The number of hydrogen-bond acceptors (Lipinski definition) is 4. The van der Waals surface area contributed by atoms with E-state index in [1.54, 1.807) is 0 Å². The maximum atomic E-state index is 12.2. The first kappa shape index (κ1) is 17.1. The number of carbonyl (C=O) groups is 1. The first-order valence-corrected chi connectivity index (χ1v) is 9.17. The SMILES string of the molecule is O=C(NC1CCOC1)c1c(Cl)c(Cl)cc(S(=O)(=O)Cl)c1Cl. The average Bonchev–Trinajstić information content (AvgIpc) is 2.85. The summed E-state index contributed by atoms with van der Waals surface area (Å²) in [7, 11) is 1.11. The van der Waals surface area contributed by atoms with Crippen LogP contribution < -0.4 is 5.32 Å². The molecule has 1 fully saturated rings. The number of amides is 1. The fourth-order valence-electron chi connectivity index (χ4n) is 1.86. The van der Waals surface area contributed by atoms with Crippen molar-refractivity contribution in [2.45, 2.75) is 17.4 Å². The minimum Gasteiger partial charge on any atom is -0.379 e. The molecule has 10 heteroatoms. The largest absolute Gasteiger partial charge is 0.379 e. The quantitative estimate of drug-likeness (QED) is 0.633. The van der Waals surface area contributed by atoms with Gasteiger partial charge in [-0.3, -0.25) is 4.79 Å². The molecule has 1 unspecified atom stereocenters. The Bertz CT molecular complexity index is 686. The normalized spacial score (nSPS) is 18.8. The zero-order valence-electron chi connectivity index (χ0n) is 10.3. The van der Waals surface area contributed by atoms with Gasteiger partial charge in [0.25, 0.3) is 15.0 Å². The average molecular weight is 393 g/mol. The van der Waals surface area contributed by atoms with Crippen LogP contribution in [-0.2, 0) is 13.8 Å². The van der Waals surface area contributed by atoms with Gasteiger partial charge in [0.15, 0.2) is 0 Å². The Hall–Kier alpha value is -0.240. The van der Waals surface area contributed by atoms with E-state index >= 15 is 0 Å². The van der Waals surface area contributed by atoms with Crippen LogP contribution in [0.4, 0.5) is 0 Å². The number of nitrogens with one attached hydrogen (secondary N) is 1. The van der Waals surface area contributed by atoms with Gasteiger partial charge in [-0.05, 0) is 12.5 Å². The van der Waals surface area contributed by atoms with Crippen molar-refractivity contribution in [2.75, 3.05) is 13.2 Å². The second-order valence-corrected chi connectivity index (χ2v) is 8.03. The van der Waals surface area contributed by atoms with Gasteiger partial charge in [0.1, 0.15) is 4.90 Å². The van der Waals surface area contributed by atoms with Gasteiger partial charge in [-0.2, -0.15) is 0 Å². The lowest BCUT2D eigenvalue weighted by molar-refractivity contribution is 0.0930. The van der Waals surface area contributed by atoms with E-state index in [9.17, 15) is 13.2 Å². The lowest BCUT2D eigenvalue weighted by atomic mass is 10.1. The van der Waals surface area contributed by atoms with Crippen molar-refractivity contribution >= 4 is 60.4 Å². The molecule has 21 heavy (non-hydrogen) atoms. The second-order valence-electron chi connectivity index (χ2n) is 4.33. The summed E-state index contributed by atoms with van der Waals surface area (Å²) in [5.41, 5.74) is -0.225. The molecule has 116 valence electrons. The Kier molecular flexibility index (Phi) is 5.28. The molecule has 0 spiro atoms. The molecule has 0 saturated carbocycles. The Morgan fingerprint density at radius 1 is 1.29 bits per heavy atom. The predicted octanol–water partition coefficient (Wildman–Crippen LogP) is 3.09. The summed E-state index contributed by atoms with van der Waals surface area (Å²) in [6.45, 7) is 0.894. The van der Waals surface area contributed by atoms with Crippen LogP contribution in [0.15, 0.2) is 11.0 Å². The van der Waals surface area contributed by atoms with Crippen molar-refractivity contribution in [3.63, 3.8) is 0 Å². The minimum absolute atomic E-state index is 0.131. The Morgan fingerprint density at radius 2 is 1.95 bits per heavy atom. The van der Waals surface area contributed by atoms with Crippen LogP contribution in [0.3, 0.4) is 0 Å². The highest BCUT2D eigenvalue weighted by Crippen LogP contribution is 2.38. The van der Waals surface area contributed by atoms with Crippen LogP contribution in [0.5, 0.6) is 0 Å². The number of halogens is 4. The standard InChI is InChI=1S/C11H9Cl4NO4S/c12-6-3-7(21(15,18)19)10(14)8(9(6)13)11(17)16-5-1-2-20-4-5/h3,5H,1-2,4H2,(H,16,17). The molecule has 1 atom stereocenters. The molecule has 1 aliphatic rings. The van der Waals surface area contributed by atoms with Gasteiger partial charge in [0, 0.05) is 17.3 Å². The third-order valence-electron chi connectivity index (χ3n) is 2.88. The molecule has 1 amide bonds. The van der Waals surface area contributed by atoms with Gasteiger partial charge >= 0.3 is 0 Å². The van der Waals surface area contributed by atoms with E-state index in [0.29, 0.717) is 19.6 Å². The van der Waals surface area contributed by atoms with Gasteiger partial charge in [0.2, 0.25) is 0 Å². The van der Waals surface area contributed by atoms with E-state index in [-0.39, 0.29) is 26.7 Å². The van der Waals surface area contributed by atoms with Crippen LogP contribution in [0.2, 0.25) is 15.1 Å². The van der Waals surface area contributed by atoms with Crippen LogP contribution in [0.25, 0.3) is 0 Å². The molecule has 1 saturated heterocycles. The van der Waals surface area contributed by atoms with Crippen molar-refractivity contribution in [3.8, 4) is 0 Å².